The highest BCUT2D eigenvalue weighted by Crippen LogP contribution is 2.51. The molecule has 6 nitrogen and oxygen atoms in total. The minimum Gasteiger partial charge on any atom is -0.457 e. The molecule has 0 saturated carbocycles. The Balaban J connectivity index is 1.14. The highest BCUT2D eigenvalue weighted by molar-refractivity contribution is 7.26. The summed E-state index contributed by atoms with van der Waals surface area (Å²) in [6.07, 6.45) is 5.62. The molecule has 0 spiro atoms. The molecular weight excluding hydrogens is 623 g/mol. The van der Waals surface area contributed by atoms with Gasteiger partial charge >= 0.3 is 0 Å². The number of hydrogen-bond donors (Lipinski definition) is 0. The second kappa shape index (κ2) is 10.5. The Kier molecular flexibility index (Phi) is 6.05. The van der Waals surface area contributed by atoms with Crippen LogP contribution in [0.5, 0.6) is 11.5 Å². The minimum absolute atomic E-state index is 0.696. The normalized spacial score (nSPS) is 13.0. The molecule has 4 aromatic heterocycles. The van der Waals surface area contributed by atoms with Crippen molar-refractivity contribution in [3.63, 3.8) is 0 Å². The highest BCUT2D eigenvalue weighted by Gasteiger charge is 2.31. The third-order valence-electron chi connectivity index (χ3n) is 9.79. The van der Waals surface area contributed by atoms with Crippen LogP contribution in [-0.4, -0.2) is 21.0 Å². The highest BCUT2D eigenvalue weighted by atomic mass is 32.1. The zero-order valence-electron chi connectivity index (χ0n) is 27.3. The topological polar surface area (TPSA) is 45.9 Å². The maximum atomic E-state index is 6.79. The largest absolute Gasteiger partial charge is 0.457 e. The van der Waals surface area contributed by atoms with Gasteiger partial charge in [-0.25, -0.2) is 9.97 Å². The van der Waals surface area contributed by atoms with E-state index in [0.717, 1.165) is 44.6 Å². The van der Waals surface area contributed by atoms with E-state index < -0.39 is 0 Å². The third kappa shape index (κ3) is 4.25. The zero-order chi connectivity index (χ0) is 32.8. The van der Waals surface area contributed by atoms with Crippen LogP contribution in [0.2, 0.25) is 0 Å². The van der Waals surface area contributed by atoms with Crippen molar-refractivity contribution < 1.29 is 4.74 Å². The Hall–Kier alpha value is -5.92. The van der Waals surface area contributed by atoms with Crippen molar-refractivity contribution in [2.45, 2.75) is 20.8 Å². The Morgan fingerprint density at radius 2 is 1.33 bits per heavy atom. The number of thiophene rings is 1. The molecule has 1 aliphatic rings. The number of pyridine rings is 2. The molecule has 9 aromatic rings. The maximum Gasteiger partial charge on any atom is 0.146 e. The molecule has 0 atom stereocenters. The van der Waals surface area contributed by atoms with Gasteiger partial charge in [0.1, 0.15) is 29.5 Å². The lowest BCUT2D eigenvalue weighted by Crippen LogP contribution is -2.25. The summed E-state index contributed by atoms with van der Waals surface area (Å²) in [7, 11) is 0. The summed E-state index contributed by atoms with van der Waals surface area (Å²) in [6.45, 7) is 7.31. The Morgan fingerprint density at radius 1 is 0.592 bits per heavy atom. The first kappa shape index (κ1) is 28.1. The lowest BCUT2D eigenvalue weighted by Gasteiger charge is -2.26. The number of hydrogen-bond acceptors (Lipinski definition) is 6. The molecule has 0 bridgehead atoms. The molecule has 0 radical (unpaired) electrons. The fraction of sp³-hybridized carbons (Fsp3) is 0.0952. The van der Waals surface area contributed by atoms with E-state index in [-0.39, 0.29) is 0 Å². The summed E-state index contributed by atoms with van der Waals surface area (Å²) in [4.78, 5) is 14.3. The van der Waals surface area contributed by atoms with Gasteiger partial charge in [-0.1, -0.05) is 48.0 Å². The molecular formula is C42H31N5OS. The van der Waals surface area contributed by atoms with E-state index in [1.54, 1.807) is 0 Å². The molecule has 0 amide bonds. The monoisotopic (exact) mass is 653 g/mol. The zero-order valence-corrected chi connectivity index (χ0v) is 28.1. The van der Waals surface area contributed by atoms with Gasteiger partial charge in [0.25, 0.3) is 0 Å². The molecule has 1 aliphatic heterocycles. The fourth-order valence-electron chi connectivity index (χ4n) is 7.91. The average molecular weight is 654 g/mol. The number of ether oxygens (including phenoxy) is 1. The van der Waals surface area contributed by atoms with Crippen molar-refractivity contribution >= 4 is 81.7 Å². The molecule has 236 valence electrons. The number of benzene rings is 5. The van der Waals surface area contributed by atoms with Crippen molar-refractivity contribution in [3.05, 3.63) is 138 Å². The Bertz CT molecular complexity index is 2770. The fourth-order valence-corrected chi connectivity index (χ4v) is 9.06. The second-order valence-corrected chi connectivity index (χ2v) is 14.0. The molecule has 5 heterocycles. The summed E-state index contributed by atoms with van der Waals surface area (Å²) in [5.74, 6) is 1.57. The van der Waals surface area contributed by atoms with Crippen LogP contribution < -0.4 is 14.5 Å². The molecule has 7 heteroatoms. The van der Waals surface area contributed by atoms with Crippen LogP contribution in [0, 0.1) is 20.8 Å². The van der Waals surface area contributed by atoms with E-state index in [4.69, 9.17) is 9.72 Å². The lowest BCUT2D eigenvalue weighted by atomic mass is 10.0. The molecule has 0 fully saturated rings. The van der Waals surface area contributed by atoms with E-state index in [1.807, 2.05) is 36.0 Å². The summed E-state index contributed by atoms with van der Waals surface area (Å²) >= 11 is 1.81. The predicted molar refractivity (Wildman–Crippen MR) is 204 cm³/mol. The molecule has 10 rings (SSSR count). The van der Waals surface area contributed by atoms with E-state index in [0.29, 0.717) is 6.67 Å². The number of aromatic nitrogens is 3. The predicted octanol–water partition coefficient (Wildman–Crippen LogP) is 11.4. The van der Waals surface area contributed by atoms with Crippen molar-refractivity contribution in [3.8, 4) is 11.5 Å². The van der Waals surface area contributed by atoms with Crippen molar-refractivity contribution in [1.29, 1.82) is 0 Å². The molecule has 0 saturated heterocycles. The van der Waals surface area contributed by atoms with Crippen LogP contribution >= 0.6 is 11.3 Å². The standard InChI is InChI=1S/C42H31N5OS/c1-25-19-26(2)40(27(3)20-25)47-24-46(34-11-5-6-12-35(34)47)36-22-29(23-38-39(36)32-9-4-7-13-37(32)49-38)48-28-14-15-30-31-10-8-16-43-41(31)45-18-17-44-42(45)33(30)21-28/h4-23H,24H2,1-3H3. The molecule has 0 aliphatic carbocycles. The van der Waals surface area contributed by atoms with E-state index in [9.17, 15) is 0 Å². The molecule has 49 heavy (non-hydrogen) atoms. The SMILES string of the molecule is Cc1cc(C)c(N2CN(c3cc(Oc4ccc5c6cccnc6n6ccnc6c5c4)cc4sc5ccccc5c34)c3ccccc32)c(C)c1. The van der Waals surface area contributed by atoms with Gasteiger partial charge in [0.05, 0.1) is 17.1 Å². The lowest BCUT2D eigenvalue weighted by molar-refractivity contribution is 0.484. The second-order valence-electron chi connectivity index (χ2n) is 13.0. The first-order valence-electron chi connectivity index (χ1n) is 16.5. The summed E-state index contributed by atoms with van der Waals surface area (Å²) in [6, 6.07) is 36.8. The number of para-hydroxylation sites is 2. The van der Waals surface area contributed by atoms with Crippen LogP contribution in [0.1, 0.15) is 16.7 Å². The van der Waals surface area contributed by atoms with Crippen molar-refractivity contribution in [2.24, 2.45) is 0 Å². The van der Waals surface area contributed by atoms with Gasteiger partial charge in [-0.05, 0) is 91.9 Å². The number of aryl methyl sites for hydroxylation is 3. The molecule has 0 unspecified atom stereocenters. The van der Waals surface area contributed by atoms with Gasteiger partial charge in [-0.2, -0.15) is 0 Å². The van der Waals surface area contributed by atoms with Crippen LogP contribution in [0.25, 0.3) is 47.6 Å². The maximum absolute atomic E-state index is 6.79. The van der Waals surface area contributed by atoms with E-state index in [1.165, 1.54) is 53.9 Å². The Morgan fingerprint density at radius 3 is 2.18 bits per heavy atom. The summed E-state index contributed by atoms with van der Waals surface area (Å²) in [5, 5.41) is 5.72. The van der Waals surface area contributed by atoms with Crippen molar-refractivity contribution in [2.75, 3.05) is 16.5 Å². The summed E-state index contributed by atoms with van der Waals surface area (Å²) in [5.41, 5.74) is 10.4. The van der Waals surface area contributed by atoms with Gasteiger partial charge in [0, 0.05) is 61.3 Å². The number of nitrogens with zero attached hydrogens (tertiary/aromatic N) is 5. The molecule has 5 aromatic carbocycles. The minimum atomic E-state index is 0.696. The first-order chi connectivity index (χ1) is 24.0. The third-order valence-corrected chi connectivity index (χ3v) is 10.9. The number of imidazole rings is 1. The van der Waals surface area contributed by atoms with Crippen LogP contribution in [0.4, 0.5) is 22.7 Å². The van der Waals surface area contributed by atoms with Gasteiger partial charge in [-0.15, -0.1) is 11.3 Å². The van der Waals surface area contributed by atoms with Crippen LogP contribution in [0.3, 0.4) is 0 Å². The summed E-state index contributed by atoms with van der Waals surface area (Å²) < 4.78 is 11.3. The first-order valence-corrected chi connectivity index (χ1v) is 17.3. The molecule has 0 N–H and O–H groups in total. The van der Waals surface area contributed by atoms with Gasteiger partial charge < -0.3 is 14.5 Å². The van der Waals surface area contributed by atoms with Gasteiger partial charge in [0.2, 0.25) is 0 Å². The van der Waals surface area contributed by atoms with Crippen molar-refractivity contribution in [1.82, 2.24) is 14.4 Å². The number of fused-ring (bicyclic) bond motifs is 10. The quantitative estimate of drug-likeness (QED) is 0.177. The number of anilines is 4. The van der Waals surface area contributed by atoms with Crippen LogP contribution in [-0.2, 0) is 0 Å². The van der Waals surface area contributed by atoms with E-state index >= 15 is 0 Å². The Labute approximate surface area is 287 Å². The smallest absolute Gasteiger partial charge is 0.146 e. The van der Waals surface area contributed by atoms with Gasteiger partial charge in [0.15, 0.2) is 0 Å². The van der Waals surface area contributed by atoms with E-state index in [2.05, 4.69) is 137 Å². The van der Waals surface area contributed by atoms with Gasteiger partial charge in [-0.3, -0.25) is 4.40 Å². The average Bonchev–Trinajstić information content (AvgIpc) is 3.84. The number of rotatable bonds is 4. The van der Waals surface area contributed by atoms with Crippen LogP contribution in [0.15, 0.2) is 122 Å².